The molecule has 0 spiro atoms. The van der Waals surface area contributed by atoms with Crippen LogP contribution in [0, 0.1) is 5.82 Å². The van der Waals surface area contributed by atoms with Crippen molar-refractivity contribution < 1.29 is 18.7 Å². The molecule has 2 aromatic rings. The number of halogens is 1. The molecule has 0 radical (unpaired) electrons. The molecule has 2 aliphatic heterocycles. The van der Waals surface area contributed by atoms with Gasteiger partial charge in [0, 0.05) is 47.9 Å². The van der Waals surface area contributed by atoms with E-state index >= 15 is 0 Å². The average Bonchev–Trinajstić information content (AvgIpc) is 2.68. The Bertz CT molecular complexity index is 868. The maximum absolute atomic E-state index is 14.4. The van der Waals surface area contributed by atoms with Gasteiger partial charge in [0.25, 0.3) is 0 Å². The Labute approximate surface area is 166 Å². The fourth-order valence-electron chi connectivity index (χ4n) is 3.45. The number of anilines is 1. The summed E-state index contributed by atoms with van der Waals surface area (Å²) < 4.78 is 25.6. The van der Waals surface area contributed by atoms with Crippen LogP contribution in [0.3, 0.4) is 0 Å². The largest absolute Gasteiger partial charge is 0.381 e. The summed E-state index contributed by atoms with van der Waals surface area (Å²) in [4.78, 5) is 14.4. The van der Waals surface area contributed by atoms with Gasteiger partial charge in [-0.1, -0.05) is 11.8 Å². The van der Waals surface area contributed by atoms with Crippen LogP contribution < -0.4 is 5.32 Å². The number of nitrogens with one attached hydrogen (secondary N) is 1. The zero-order valence-electron chi connectivity index (χ0n) is 14.9. The molecule has 0 unspecified atom stereocenters. The van der Waals surface area contributed by atoms with Crippen LogP contribution >= 0.6 is 23.5 Å². The summed E-state index contributed by atoms with van der Waals surface area (Å²) >= 11 is 3.03. The predicted octanol–water partition coefficient (Wildman–Crippen LogP) is 4.67. The fraction of sp³-hybridized carbons (Fsp3) is 0.350. The van der Waals surface area contributed by atoms with E-state index in [4.69, 9.17) is 9.47 Å². The first-order valence-electron chi connectivity index (χ1n) is 8.76. The molecule has 0 atom stereocenters. The van der Waals surface area contributed by atoms with Gasteiger partial charge in [-0.3, -0.25) is 4.79 Å². The molecule has 4 nitrogen and oxygen atoms in total. The van der Waals surface area contributed by atoms with E-state index in [1.54, 1.807) is 19.2 Å². The van der Waals surface area contributed by atoms with Crippen molar-refractivity contribution in [1.82, 2.24) is 0 Å². The topological polar surface area (TPSA) is 47.6 Å². The SMILES string of the molecule is COC1(c2cc(F)cc(Sc3ccc4c(c3)SCC(=O)N4)c2)CCOCC1. The van der Waals surface area contributed by atoms with E-state index in [1.807, 2.05) is 24.3 Å². The zero-order chi connectivity index (χ0) is 18.9. The van der Waals surface area contributed by atoms with Crippen molar-refractivity contribution in [2.24, 2.45) is 0 Å². The Kier molecular flexibility index (Phi) is 5.45. The van der Waals surface area contributed by atoms with E-state index in [-0.39, 0.29) is 11.7 Å². The number of carbonyl (C=O) groups is 1. The molecule has 1 amide bonds. The van der Waals surface area contributed by atoms with Gasteiger partial charge in [0.15, 0.2) is 0 Å². The quantitative estimate of drug-likeness (QED) is 0.801. The van der Waals surface area contributed by atoms with Crippen molar-refractivity contribution in [1.29, 1.82) is 0 Å². The maximum Gasteiger partial charge on any atom is 0.234 e. The van der Waals surface area contributed by atoms with Gasteiger partial charge in [0.2, 0.25) is 5.91 Å². The molecule has 4 rings (SSSR count). The first-order valence-corrected chi connectivity index (χ1v) is 10.6. The number of methoxy groups -OCH3 is 1. The molecule has 2 heterocycles. The molecule has 142 valence electrons. The number of thioether (sulfide) groups is 1. The molecule has 0 aromatic heterocycles. The van der Waals surface area contributed by atoms with Crippen molar-refractivity contribution >= 4 is 35.1 Å². The van der Waals surface area contributed by atoms with E-state index in [2.05, 4.69) is 5.32 Å². The highest BCUT2D eigenvalue weighted by atomic mass is 32.2. The van der Waals surface area contributed by atoms with Crippen molar-refractivity contribution in [2.75, 3.05) is 31.4 Å². The molecule has 1 N–H and O–H groups in total. The second-order valence-corrected chi connectivity index (χ2v) is 8.75. The summed E-state index contributed by atoms with van der Waals surface area (Å²) in [5.74, 6) is 0.172. The third-order valence-corrected chi connectivity index (χ3v) is 6.93. The van der Waals surface area contributed by atoms with E-state index in [9.17, 15) is 9.18 Å². The van der Waals surface area contributed by atoms with Gasteiger partial charge in [0.1, 0.15) is 5.82 Å². The lowest BCUT2D eigenvalue weighted by molar-refractivity contribution is -0.113. The van der Waals surface area contributed by atoms with Crippen LogP contribution in [0.15, 0.2) is 51.1 Å². The average molecular weight is 406 g/mol. The summed E-state index contributed by atoms with van der Waals surface area (Å²) in [6.07, 6.45) is 1.43. The number of benzene rings is 2. The highest BCUT2D eigenvalue weighted by molar-refractivity contribution is 8.00. The van der Waals surface area contributed by atoms with Gasteiger partial charge in [-0.15, -0.1) is 11.8 Å². The number of hydrogen-bond donors (Lipinski definition) is 1. The van der Waals surface area contributed by atoms with Crippen molar-refractivity contribution in [3.63, 3.8) is 0 Å². The molecule has 0 bridgehead atoms. The normalized spacial score (nSPS) is 18.7. The smallest absolute Gasteiger partial charge is 0.234 e. The number of carbonyl (C=O) groups excluding carboxylic acids is 1. The molecule has 27 heavy (non-hydrogen) atoms. The molecule has 2 aromatic carbocycles. The Morgan fingerprint density at radius 3 is 2.78 bits per heavy atom. The number of hydrogen-bond acceptors (Lipinski definition) is 5. The lowest BCUT2D eigenvalue weighted by atomic mass is 9.86. The minimum atomic E-state index is -0.494. The third kappa shape index (κ3) is 4.01. The summed E-state index contributed by atoms with van der Waals surface area (Å²) in [5, 5.41) is 2.87. The van der Waals surface area contributed by atoms with Gasteiger partial charge >= 0.3 is 0 Å². The number of ether oxygens (including phenoxy) is 2. The molecular weight excluding hydrogens is 385 g/mol. The maximum atomic E-state index is 14.4. The Morgan fingerprint density at radius 2 is 2.00 bits per heavy atom. The van der Waals surface area contributed by atoms with Crippen molar-refractivity contribution in [3.05, 3.63) is 47.8 Å². The minimum absolute atomic E-state index is 0.0176. The van der Waals surface area contributed by atoms with Gasteiger partial charge < -0.3 is 14.8 Å². The molecule has 1 saturated heterocycles. The second kappa shape index (κ2) is 7.83. The summed E-state index contributed by atoms with van der Waals surface area (Å²) in [6, 6.07) is 11.0. The van der Waals surface area contributed by atoms with E-state index in [0.717, 1.165) is 25.9 Å². The van der Waals surface area contributed by atoms with E-state index in [1.165, 1.54) is 23.5 Å². The Balaban J connectivity index is 1.61. The first-order chi connectivity index (χ1) is 13.1. The van der Waals surface area contributed by atoms with Crippen LogP contribution in [0.1, 0.15) is 18.4 Å². The standard InChI is InChI=1S/C20H20FNO3S2/c1-24-20(4-6-25-7-5-20)13-8-14(21)10-16(9-13)27-15-2-3-17-18(11-15)26-12-19(23)22-17/h2-3,8-11H,4-7,12H2,1H3,(H,22,23). The van der Waals surface area contributed by atoms with E-state index in [0.29, 0.717) is 31.8 Å². The summed E-state index contributed by atoms with van der Waals surface area (Å²) in [6.45, 7) is 1.22. The number of rotatable bonds is 4. The lowest BCUT2D eigenvalue weighted by Crippen LogP contribution is -2.35. The van der Waals surface area contributed by atoms with Crippen LogP contribution in [0.5, 0.6) is 0 Å². The molecule has 7 heteroatoms. The molecule has 0 saturated carbocycles. The molecule has 2 aliphatic rings. The molecule has 0 aliphatic carbocycles. The van der Waals surface area contributed by atoms with Crippen LogP contribution in [0.4, 0.5) is 10.1 Å². The monoisotopic (exact) mass is 405 g/mol. The number of fused-ring (bicyclic) bond motifs is 1. The highest BCUT2D eigenvalue weighted by Gasteiger charge is 2.35. The summed E-state index contributed by atoms with van der Waals surface area (Å²) in [5.41, 5.74) is 1.20. The van der Waals surface area contributed by atoms with Gasteiger partial charge in [0.05, 0.1) is 17.0 Å². The van der Waals surface area contributed by atoms with Crippen LogP contribution in [-0.4, -0.2) is 32.0 Å². The fourth-order valence-corrected chi connectivity index (χ4v) is 5.31. The Morgan fingerprint density at radius 1 is 1.19 bits per heavy atom. The Hall–Kier alpha value is -1.54. The van der Waals surface area contributed by atoms with Gasteiger partial charge in [-0.2, -0.15) is 0 Å². The molecule has 1 fully saturated rings. The second-order valence-electron chi connectivity index (χ2n) is 6.58. The van der Waals surface area contributed by atoms with Crippen LogP contribution in [0.25, 0.3) is 0 Å². The van der Waals surface area contributed by atoms with E-state index < -0.39 is 5.60 Å². The highest BCUT2D eigenvalue weighted by Crippen LogP contribution is 2.40. The van der Waals surface area contributed by atoms with Crippen LogP contribution in [-0.2, 0) is 19.9 Å². The first kappa shape index (κ1) is 18.8. The summed E-state index contributed by atoms with van der Waals surface area (Å²) in [7, 11) is 1.68. The molecular formula is C20H20FNO3S2. The van der Waals surface area contributed by atoms with Gasteiger partial charge in [-0.25, -0.2) is 4.39 Å². The third-order valence-electron chi connectivity index (χ3n) is 4.91. The van der Waals surface area contributed by atoms with Crippen molar-refractivity contribution in [3.8, 4) is 0 Å². The lowest BCUT2D eigenvalue weighted by Gasteiger charge is -2.36. The van der Waals surface area contributed by atoms with Gasteiger partial charge in [-0.05, 0) is 42.0 Å². The minimum Gasteiger partial charge on any atom is -0.381 e. The van der Waals surface area contributed by atoms with Crippen LogP contribution in [0.2, 0.25) is 0 Å². The predicted molar refractivity (Wildman–Crippen MR) is 105 cm³/mol. The number of amides is 1. The van der Waals surface area contributed by atoms with Crippen molar-refractivity contribution in [2.45, 2.75) is 33.1 Å². The zero-order valence-corrected chi connectivity index (χ0v) is 16.6.